The maximum Gasteiger partial charge on any atom is 0.104 e. The van der Waals surface area contributed by atoms with Gasteiger partial charge in [0, 0.05) is 11.1 Å². The number of benzene rings is 2. The van der Waals surface area contributed by atoms with E-state index in [-0.39, 0.29) is 11.0 Å². The highest BCUT2D eigenvalue weighted by Gasteiger charge is 2.07. The van der Waals surface area contributed by atoms with Gasteiger partial charge in [-0.15, -0.1) is 0 Å². The van der Waals surface area contributed by atoms with E-state index in [2.05, 4.69) is 110 Å². The molecule has 0 saturated heterocycles. The molecule has 6 heteroatoms. The molecule has 0 fully saturated rings. The van der Waals surface area contributed by atoms with Crippen LogP contribution in [0.25, 0.3) is 0 Å². The zero-order chi connectivity index (χ0) is 22.8. The maximum atomic E-state index is 8.25. The van der Waals surface area contributed by atoms with Gasteiger partial charge in [0.15, 0.2) is 0 Å². The molecule has 0 radical (unpaired) electrons. The molecule has 0 aliphatic rings. The number of quaternary nitrogens is 2. The molecule has 182 valence electrons. The molecular formula is C25H49N3O3. The Hall–Kier alpha value is -1.80. The Kier molecular flexibility index (Phi) is 25.3. The summed E-state index contributed by atoms with van der Waals surface area (Å²) < 4.78 is 1.98. The van der Waals surface area contributed by atoms with Crippen LogP contribution in [0.2, 0.25) is 0 Å². The molecule has 31 heavy (non-hydrogen) atoms. The third-order valence-electron chi connectivity index (χ3n) is 3.56. The number of unbranched alkanes of at least 4 members (excludes halogenated alkanes) is 1. The first-order valence-electron chi connectivity index (χ1n) is 10.4. The van der Waals surface area contributed by atoms with Gasteiger partial charge in [-0.2, -0.15) is 7.11 Å². The molecule has 5 N–H and O–H groups in total. The molecule has 0 unspecified atom stereocenters. The minimum absolute atomic E-state index is 0. The SMILES string of the molecule is CCCCN.C[N+](C)(C)Cc1ccccc1.C[N+](C)(C)Cc1ccccc1.C[O-].O.[OH-]. The van der Waals surface area contributed by atoms with Crippen LogP contribution < -0.4 is 10.8 Å². The first-order chi connectivity index (χ1) is 13.6. The van der Waals surface area contributed by atoms with Gasteiger partial charge in [-0.25, -0.2) is 0 Å². The van der Waals surface area contributed by atoms with Crippen LogP contribution in [0, 0.1) is 0 Å². The Balaban J connectivity index is -0.000000174. The minimum atomic E-state index is 0. The van der Waals surface area contributed by atoms with Crippen molar-refractivity contribution < 1.29 is 25.0 Å². The first-order valence-corrected chi connectivity index (χ1v) is 10.4. The molecule has 0 bridgehead atoms. The highest BCUT2D eigenvalue weighted by atomic mass is 16.2. The van der Waals surface area contributed by atoms with Crippen LogP contribution >= 0.6 is 0 Å². The zero-order valence-electron chi connectivity index (χ0n) is 21.1. The summed E-state index contributed by atoms with van der Waals surface area (Å²) in [5, 5.41) is 8.25. The van der Waals surface area contributed by atoms with Crippen molar-refractivity contribution in [2.45, 2.75) is 32.9 Å². The average molecular weight is 440 g/mol. The third kappa shape index (κ3) is 28.2. The maximum absolute atomic E-state index is 8.25. The lowest BCUT2D eigenvalue weighted by atomic mass is 10.2. The van der Waals surface area contributed by atoms with E-state index in [0.717, 1.165) is 35.7 Å². The Morgan fingerprint density at radius 1 is 0.677 bits per heavy atom. The van der Waals surface area contributed by atoms with E-state index < -0.39 is 0 Å². The van der Waals surface area contributed by atoms with Gasteiger partial charge in [-0.3, -0.25) is 0 Å². The van der Waals surface area contributed by atoms with Crippen molar-refractivity contribution in [3.63, 3.8) is 0 Å². The van der Waals surface area contributed by atoms with Crippen molar-refractivity contribution in [2.75, 3.05) is 55.9 Å². The summed E-state index contributed by atoms with van der Waals surface area (Å²) in [7, 11) is 14.0. The van der Waals surface area contributed by atoms with Crippen LogP contribution in [0.1, 0.15) is 30.9 Å². The fraction of sp³-hybridized carbons (Fsp3) is 0.520. The summed E-state index contributed by atoms with van der Waals surface area (Å²) in [6.07, 6.45) is 2.39. The molecule has 0 aromatic heterocycles. The van der Waals surface area contributed by atoms with Crippen LogP contribution in [-0.4, -0.2) is 75.9 Å². The Morgan fingerprint density at radius 3 is 1.13 bits per heavy atom. The average Bonchev–Trinajstić information content (AvgIpc) is 2.64. The fourth-order valence-corrected chi connectivity index (χ4v) is 2.47. The molecule has 6 nitrogen and oxygen atoms in total. The summed E-state index contributed by atoms with van der Waals surface area (Å²) in [6, 6.07) is 21.1. The van der Waals surface area contributed by atoms with E-state index in [1.807, 2.05) is 0 Å². The lowest BCUT2D eigenvalue weighted by Gasteiger charge is -2.23. The number of hydrogen-bond acceptors (Lipinski definition) is 3. The van der Waals surface area contributed by atoms with Crippen LogP contribution in [0.3, 0.4) is 0 Å². The van der Waals surface area contributed by atoms with Crippen molar-refractivity contribution in [1.29, 1.82) is 0 Å². The van der Waals surface area contributed by atoms with Crippen molar-refractivity contribution in [3.05, 3.63) is 71.8 Å². The number of nitrogens with zero attached hydrogens (tertiary/aromatic N) is 2. The van der Waals surface area contributed by atoms with Gasteiger partial charge >= 0.3 is 0 Å². The van der Waals surface area contributed by atoms with E-state index in [9.17, 15) is 0 Å². The smallest absolute Gasteiger partial charge is 0.104 e. The number of nitrogens with two attached hydrogens (primary N) is 1. The van der Waals surface area contributed by atoms with E-state index >= 15 is 0 Å². The molecular weight excluding hydrogens is 390 g/mol. The van der Waals surface area contributed by atoms with Gasteiger partial charge in [-0.05, 0) is 13.0 Å². The van der Waals surface area contributed by atoms with Gasteiger partial charge in [0.1, 0.15) is 13.1 Å². The van der Waals surface area contributed by atoms with Crippen LogP contribution in [0.5, 0.6) is 0 Å². The zero-order valence-corrected chi connectivity index (χ0v) is 21.1. The van der Waals surface area contributed by atoms with Crippen molar-refractivity contribution >= 4 is 0 Å². The summed E-state index contributed by atoms with van der Waals surface area (Å²) in [4.78, 5) is 0. The quantitative estimate of drug-likeness (QED) is 0.698. The summed E-state index contributed by atoms with van der Waals surface area (Å²) in [5.74, 6) is 0. The number of rotatable bonds is 6. The molecule has 0 heterocycles. The number of hydrogen-bond donors (Lipinski definition) is 1. The second kappa shape index (κ2) is 21.4. The standard InChI is InChI=1S/2C10H16N.C4H11N.CH3O.2H2O/c2*1-11(2,3)9-10-7-5-4-6-8-10;1-2-3-4-5;1-2;;/h2*4-8H,9H2,1-3H3;2-5H2,1H3;1H3;2*1H2/q2*+1;;-1;;/p-1. The largest absolute Gasteiger partial charge is 0.870 e. The molecule has 2 aromatic carbocycles. The summed E-state index contributed by atoms with van der Waals surface area (Å²) >= 11 is 0. The molecule has 2 aromatic rings. The summed E-state index contributed by atoms with van der Waals surface area (Å²) in [5.41, 5.74) is 7.94. The predicted molar refractivity (Wildman–Crippen MR) is 132 cm³/mol. The Morgan fingerprint density at radius 2 is 0.968 bits per heavy atom. The fourth-order valence-electron chi connectivity index (χ4n) is 2.47. The van der Waals surface area contributed by atoms with Gasteiger partial charge in [0.25, 0.3) is 0 Å². The lowest BCUT2D eigenvalue weighted by Crippen LogP contribution is -2.33. The minimum Gasteiger partial charge on any atom is -0.870 e. The Bertz CT molecular complexity index is 527. The molecule has 0 atom stereocenters. The lowest BCUT2D eigenvalue weighted by molar-refractivity contribution is -0.884. The molecule has 0 aliphatic carbocycles. The monoisotopic (exact) mass is 439 g/mol. The van der Waals surface area contributed by atoms with Crippen molar-refractivity contribution in [2.24, 2.45) is 5.73 Å². The third-order valence-corrected chi connectivity index (χ3v) is 3.56. The highest BCUT2D eigenvalue weighted by Crippen LogP contribution is 2.05. The summed E-state index contributed by atoms with van der Waals surface area (Å²) in [6.45, 7) is 5.17. The second-order valence-electron chi connectivity index (χ2n) is 9.01. The van der Waals surface area contributed by atoms with Gasteiger partial charge in [0.05, 0.1) is 42.3 Å². The van der Waals surface area contributed by atoms with E-state index in [1.54, 1.807) is 0 Å². The highest BCUT2D eigenvalue weighted by molar-refractivity contribution is 5.13. The topological polar surface area (TPSA) is 111 Å². The van der Waals surface area contributed by atoms with Crippen molar-refractivity contribution in [1.82, 2.24) is 0 Å². The normalized spacial score (nSPS) is 9.74. The predicted octanol–water partition coefficient (Wildman–Crippen LogP) is 2.51. The van der Waals surface area contributed by atoms with Crippen LogP contribution in [0.15, 0.2) is 60.7 Å². The van der Waals surface area contributed by atoms with E-state index in [0.29, 0.717) is 0 Å². The van der Waals surface area contributed by atoms with Crippen LogP contribution in [0.4, 0.5) is 0 Å². The van der Waals surface area contributed by atoms with E-state index in [1.165, 1.54) is 24.0 Å². The molecule has 0 saturated carbocycles. The Labute approximate surface area is 191 Å². The van der Waals surface area contributed by atoms with Gasteiger partial charge in [-0.1, -0.05) is 74.0 Å². The van der Waals surface area contributed by atoms with Gasteiger partial charge in [0.2, 0.25) is 0 Å². The van der Waals surface area contributed by atoms with Crippen LogP contribution in [-0.2, 0) is 13.1 Å². The van der Waals surface area contributed by atoms with E-state index in [4.69, 9.17) is 10.8 Å². The second-order valence-corrected chi connectivity index (χ2v) is 9.01. The molecule has 0 amide bonds. The molecule has 2 rings (SSSR count). The van der Waals surface area contributed by atoms with Crippen molar-refractivity contribution in [3.8, 4) is 0 Å². The first kappa shape index (κ1) is 36.6. The van der Waals surface area contributed by atoms with Gasteiger partial charge < -0.3 is 30.8 Å². The molecule has 0 aliphatic heterocycles. The molecule has 0 spiro atoms.